The van der Waals surface area contributed by atoms with E-state index in [0.717, 1.165) is 11.6 Å². The number of rotatable bonds is 9. The molecule has 0 radical (unpaired) electrons. The van der Waals surface area contributed by atoms with Crippen molar-refractivity contribution in [3.05, 3.63) is 76.7 Å². The van der Waals surface area contributed by atoms with Crippen molar-refractivity contribution in [1.82, 2.24) is 19.9 Å². The molecule has 188 valence electrons. The highest BCUT2D eigenvalue weighted by molar-refractivity contribution is 6.30. The number of ether oxygens (including phenoxy) is 1. The van der Waals surface area contributed by atoms with Crippen molar-refractivity contribution in [2.45, 2.75) is 33.1 Å². The summed E-state index contributed by atoms with van der Waals surface area (Å²) in [7, 11) is 0. The Morgan fingerprint density at radius 1 is 1.03 bits per heavy atom. The molecule has 3 heterocycles. The Morgan fingerprint density at radius 3 is 2.61 bits per heavy atom. The van der Waals surface area contributed by atoms with Gasteiger partial charge in [-0.05, 0) is 54.3 Å². The molecule has 3 aromatic heterocycles. The van der Waals surface area contributed by atoms with Gasteiger partial charge < -0.3 is 10.1 Å². The monoisotopic (exact) mass is 515 g/mol. The van der Waals surface area contributed by atoms with Crippen molar-refractivity contribution < 1.29 is 17.9 Å². The Labute approximate surface area is 211 Å². The molecule has 0 aliphatic rings. The summed E-state index contributed by atoms with van der Waals surface area (Å²) in [5.74, 6) is 1.24. The first-order valence-corrected chi connectivity index (χ1v) is 11.8. The summed E-state index contributed by atoms with van der Waals surface area (Å²) in [6.07, 6.45) is -2.56. The highest BCUT2D eigenvalue weighted by Crippen LogP contribution is 2.35. The number of nitrogens with one attached hydrogen (secondary N) is 1. The lowest BCUT2D eigenvalue weighted by atomic mass is 10.1. The lowest BCUT2D eigenvalue weighted by molar-refractivity contribution is -0.137. The summed E-state index contributed by atoms with van der Waals surface area (Å²) >= 11 is 6.08. The van der Waals surface area contributed by atoms with Gasteiger partial charge in [-0.25, -0.2) is 15.0 Å². The molecular formula is C26H25ClF3N5O. The second-order valence-corrected chi connectivity index (χ2v) is 9.11. The third-order valence-electron chi connectivity index (χ3n) is 5.24. The van der Waals surface area contributed by atoms with Gasteiger partial charge in [0.2, 0.25) is 0 Å². The molecule has 36 heavy (non-hydrogen) atoms. The maximum absolute atomic E-state index is 13.6. The van der Waals surface area contributed by atoms with E-state index >= 15 is 0 Å². The highest BCUT2D eigenvalue weighted by atomic mass is 35.5. The van der Waals surface area contributed by atoms with Crippen molar-refractivity contribution in [2.75, 3.05) is 18.5 Å². The van der Waals surface area contributed by atoms with Gasteiger partial charge in [-0.15, -0.1) is 0 Å². The van der Waals surface area contributed by atoms with E-state index in [1.165, 1.54) is 18.3 Å². The Bertz CT molecular complexity index is 1350. The van der Waals surface area contributed by atoms with Crippen molar-refractivity contribution in [2.24, 2.45) is 5.92 Å². The van der Waals surface area contributed by atoms with Crippen molar-refractivity contribution in [3.8, 4) is 11.4 Å². The lowest BCUT2D eigenvalue weighted by Gasteiger charge is -2.14. The van der Waals surface area contributed by atoms with E-state index in [4.69, 9.17) is 16.3 Å². The van der Waals surface area contributed by atoms with E-state index in [1.807, 2.05) is 38.1 Å². The minimum absolute atomic E-state index is 0.0769. The van der Waals surface area contributed by atoms with Crippen LogP contribution in [0, 0.1) is 5.92 Å². The smallest absolute Gasteiger partial charge is 0.373 e. The summed E-state index contributed by atoms with van der Waals surface area (Å²) < 4.78 is 46.4. The standard InChI is InChI=1S/C26H25ClF3N5O/c1-16(2)14-36-15-22-34-24(32-12-10-17-5-3-6-18(27)13-17)19-8-9-21(33-25(19)35-22)23-20(26(28,29)30)7-4-11-31-23/h3-9,11,13,16H,10,12,14-15H2,1-2H3,(H,32,33,34,35). The fourth-order valence-corrected chi connectivity index (χ4v) is 3.84. The number of hydrogen-bond donors (Lipinski definition) is 1. The molecule has 0 amide bonds. The molecule has 0 bridgehead atoms. The number of aromatic nitrogens is 4. The number of nitrogens with zero attached hydrogens (tertiary/aromatic N) is 4. The largest absolute Gasteiger partial charge is 0.418 e. The van der Waals surface area contributed by atoms with E-state index in [0.29, 0.717) is 47.5 Å². The molecular weight excluding hydrogens is 491 g/mol. The van der Waals surface area contributed by atoms with Crippen LogP contribution in [-0.4, -0.2) is 33.1 Å². The molecule has 4 aromatic rings. The molecule has 4 rings (SSSR count). The second kappa shape index (κ2) is 11.2. The SMILES string of the molecule is CC(C)COCc1nc(NCCc2cccc(Cl)c2)c2ccc(-c3ncccc3C(F)(F)F)nc2n1. The fraction of sp³-hybridized carbons (Fsp3) is 0.308. The van der Waals surface area contributed by atoms with E-state index in [-0.39, 0.29) is 23.6 Å². The average Bonchev–Trinajstić information content (AvgIpc) is 2.83. The Morgan fingerprint density at radius 2 is 1.86 bits per heavy atom. The Hall–Kier alpha value is -3.30. The van der Waals surface area contributed by atoms with E-state index in [2.05, 4.69) is 25.3 Å². The van der Waals surface area contributed by atoms with E-state index < -0.39 is 11.7 Å². The van der Waals surface area contributed by atoms with E-state index in [9.17, 15) is 13.2 Å². The van der Waals surface area contributed by atoms with Gasteiger partial charge in [0.05, 0.1) is 16.6 Å². The molecule has 0 unspecified atom stereocenters. The number of fused-ring (bicyclic) bond motifs is 1. The molecule has 1 aromatic carbocycles. The van der Waals surface area contributed by atoms with Crippen LogP contribution >= 0.6 is 11.6 Å². The van der Waals surface area contributed by atoms with Crippen LogP contribution in [0.25, 0.3) is 22.4 Å². The van der Waals surface area contributed by atoms with Gasteiger partial charge in [0.15, 0.2) is 11.5 Å². The van der Waals surface area contributed by atoms with Gasteiger partial charge in [0.1, 0.15) is 18.1 Å². The summed E-state index contributed by atoms with van der Waals surface area (Å²) in [6, 6.07) is 13.0. The summed E-state index contributed by atoms with van der Waals surface area (Å²) in [4.78, 5) is 17.5. The molecule has 1 N–H and O–H groups in total. The lowest BCUT2D eigenvalue weighted by Crippen LogP contribution is -2.12. The van der Waals surface area contributed by atoms with Gasteiger partial charge >= 0.3 is 6.18 Å². The van der Waals surface area contributed by atoms with Gasteiger partial charge in [-0.1, -0.05) is 37.6 Å². The van der Waals surface area contributed by atoms with Crippen LogP contribution in [-0.2, 0) is 23.9 Å². The maximum Gasteiger partial charge on any atom is 0.418 e. The fourth-order valence-electron chi connectivity index (χ4n) is 3.63. The molecule has 0 saturated heterocycles. The number of hydrogen-bond acceptors (Lipinski definition) is 6. The first-order chi connectivity index (χ1) is 17.2. The van der Waals surface area contributed by atoms with Crippen molar-refractivity contribution >= 4 is 28.5 Å². The summed E-state index contributed by atoms with van der Waals surface area (Å²) in [5, 5.41) is 4.55. The molecule has 6 nitrogen and oxygen atoms in total. The summed E-state index contributed by atoms with van der Waals surface area (Å²) in [5.41, 5.74) is 0.289. The maximum atomic E-state index is 13.6. The molecule has 0 aliphatic carbocycles. The second-order valence-electron chi connectivity index (χ2n) is 8.67. The van der Waals surface area contributed by atoms with Gasteiger partial charge in [-0.3, -0.25) is 4.98 Å². The normalized spacial score (nSPS) is 11.9. The zero-order valence-corrected chi connectivity index (χ0v) is 20.6. The summed E-state index contributed by atoms with van der Waals surface area (Å²) in [6.45, 7) is 5.29. The number of anilines is 1. The van der Waals surface area contributed by atoms with Crippen molar-refractivity contribution in [1.29, 1.82) is 0 Å². The predicted molar refractivity (Wildman–Crippen MR) is 134 cm³/mol. The van der Waals surface area contributed by atoms with Crippen LogP contribution in [0.4, 0.5) is 19.0 Å². The molecule has 0 spiro atoms. The van der Waals surface area contributed by atoms with Crippen molar-refractivity contribution in [3.63, 3.8) is 0 Å². The number of benzene rings is 1. The van der Waals surface area contributed by atoms with Crippen LogP contribution in [0.2, 0.25) is 5.02 Å². The quantitative estimate of drug-likeness (QED) is 0.271. The van der Waals surface area contributed by atoms with E-state index in [1.54, 1.807) is 6.07 Å². The third-order valence-corrected chi connectivity index (χ3v) is 5.47. The zero-order valence-electron chi connectivity index (χ0n) is 19.8. The topological polar surface area (TPSA) is 72.8 Å². The van der Waals surface area contributed by atoms with Crippen LogP contribution in [0.1, 0.15) is 30.8 Å². The Kier molecular flexibility index (Phi) is 8.01. The molecule has 0 saturated carbocycles. The van der Waals surface area contributed by atoms with Gasteiger partial charge in [0, 0.05) is 24.4 Å². The Balaban J connectivity index is 1.68. The van der Waals surface area contributed by atoms with Crippen LogP contribution in [0.5, 0.6) is 0 Å². The van der Waals surface area contributed by atoms with Gasteiger partial charge in [-0.2, -0.15) is 13.2 Å². The first kappa shape index (κ1) is 25.8. The third kappa shape index (κ3) is 6.47. The number of halogens is 4. The molecule has 0 fully saturated rings. The van der Waals surface area contributed by atoms with Crippen LogP contribution < -0.4 is 5.32 Å². The predicted octanol–water partition coefficient (Wildman–Crippen LogP) is 6.59. The average molecular weight is 516 g/mol. The molecule has 0 aliphatic heterocycles. The molecule has 0 atom stereocenters. The number of alkyl halides is 3. The minimum Gasteiger partial charge on any atom is -0.373 e. The molecule has 10 heteroatoms. The van der Waals surface area contributed by atoms with Crippen LogP contribution in [0.15, 0.2) is 54.7 Å². The number of pyridine rings is 2. The highest BCUT2D eigenvalue weighted by Gasteiger charge is 2.34. The minimum atomic E-state index is -4.56. The van der Waals surface area contributed by atoms with Crippen LogP contribution in [0.3, 0.4) is 0 Å². The van der Waals surface area contributed by atoms with Gasteiger partial charge in [0.25, 0.3) is 0 Å². The zero-order chi connectivity index (χ0) is 25.7. The first-order valence-electron chi connectivity index (χ1n) is 11.5.